The first-order chi connectivity index (χ1) is 45.4. The quantitative estimate of drug-likeness (QED) is 0.0415. The zero-order valence-electron chi connectivity index (χ0n) is 48.5. The van der Waals surface area contributed by atoms with Gasteiger partial charge in [-0.2, -0.15) is 50.5 Å². The Morgan fingerprint density at radius 1 is 0.216 bits per heavy atom. The zero-order chi connectivity index (χ0) is 68.8. The van der Waals surface area contributed by atoms with Gasteiger partial charge < -0.3 is 0 Å². The van der Waals surface area contributed by atoms with E-state index in [-0.39, 0.29) is 81.0 Å². The average Bonchev–Trinajstić information content (AvgIpc) is 0.801. The minimum atomic E-state index is -4.37. The number of aromatic nitrogens is 12. The third kappa shape index (κ3) is 17.6. The van der Waals surface area contributed by atoms with Gasteiger partial charge in [0.25, 0.3) is 60.7 Å². The number of hydrogen-bond donors (Lipinski definition) is 6. The summed E-state index contributed by atoms with van der Waals surface area (Å²) in [6, 6.07) is 47.5. The molecule has 0 bridgehead atoms. The Labute approximate surface area is 562 Å². The molecule has 0 unspecified atom stereocenters. The van der Waals surface area contributed by atoms with Gasteiger partial charge in [0.2, 0.25) is 17.5 Å². The maximum atomic E-state index is 11.4. The van der Waals surface area contributed by atoms with Gasteiger partial charge in [0, 0.05) is 52.0 Å². The zero-order valence-corrected chi connectivity index (χ0v) is 54.5. The summed E-state index contributed by atoms with van der Waals surface area (Å²) in [6.07, 6.45) is 4.71. The standard InChI is InChI=1S/3C20H14N4O6S2.Fe/c3*25-31(26,27)15-8-4-13(5-9-15)18-19(14-6-10-16(11-7-14)32(28,29)30)23-24-20(22-18)17-3-1-2-12-21-17;/h3*1-12H,(H,25,26,27)(H,28,29,30);/q;;;+2. The van der Waals surface area contributed by atoms with E-state index in [1.807, 2.05) is 0 Å². The fourth-order valence-corrected chi connectivity index (χ4v) is 11.6. The van der Waals surface area contributed by atoms with Crippen LogP contribution >= 0.6 is 0 Å². The minimum absolute atomic E-state index is 0. The maximum Gasteiger partial charge on any atom is 2.00 e. The van der Waals surface area contributed by atoms with E-state index in [2.05, 4.69) is 60.5 Å². The van der Waals surface area contributed by atoms with Gasteiger partial charge in [0.05, 0.1) is 29.4 Å². The summed E-state index contributed by atoms with van der Waals surface area (Å²) in [5.74, 6) is 0.660. The number of hydrogen-bond acceptors (Lipinski definition) is 24. The molecule has 0 atom stereocenters. The van der Waals surface area contributed by atoms with Crippen LogP contribution in [0.25, 0.3) is 102 Å². The van der Waals surface area contributed by atoms with Crippen molar-refractivity contribution >= 4 is 60.7 Å². The van der Waals surface area contributed by atoms with Gasteiger partial charge >= 0.3 is 17.1 Å². The van der Waals surface area contributed by atoms with Gasteiger partial charge in [-0.15, -0.1) is 30.6 Å². The van der Waals surface area contributed by atoms with E-state index >= 15 is 0 Å². The van der Waals surface area contributed by atoms with E-state index in [0.29, 0.717) is 67.5 Å². The summed E-state index contributed by atoms with van der Waals surface area (Å²) in [5.41, 5.74) is 5.98. The Morgan fingerprint density at radius 2 is 0.392 bits per heavy atom. The van der Waals surface area contributed by atoms with Crippen LogP contribution in [0, 0.1) is 0 Å². The third-order valence-corrected chi connectivity index (χ3v) is 18.5. The van der Waals surface area contributed by atoms with E-state index in [1.165, 1.54) is 146 Å². The molecule has 0 radical (unpaired) electrons. The molecule has 12 rings (SSSR count). The molecule has 0 aliphatic heterocycles. The molecule has 0 fully saturated rings. The second kappa shape index (κ2) is 29.0. The number of benzene rings is 6. The van der Waals surface area contributed by atoms with Crippen LogP contribution in [0.15, 0.2) is 248 Å². The van der Waals surface area contributed by atoms with Crippen LogP contribution in [0.5, 0.6) is 0 Å². The van der Waals surface area contributed by atoms with E-state index in [0.717, 1.165) is 0 Å². The van der Waals surface area contributed by atoms with Crippen molar-refractivity contribution in [2.24, 2.45) is 0 Å². The molecule has 0 spiro atoms. The molecule has 0 aliphatic rings. The molecule has 0 saturated carbocycles. The Bertz CT molecular complexity index is 5040. The molecule has 6 aromatic heterocycles. The molecule has 6 N–H and O–H groups in total. The van der Waals surface area contributed by atoms with Gasteiger partial charge in [0.1, 0.15) is 51.2 Å². The van der Waals surface area contributed by atoms with Gasteiger partial charge in [-0.25, -0.2) is 15.0 Å². The van der Waals surface area contributed by atoms with E-state index in [9.17, 15) is 77.8 Å². The Hall–Kier alpha value is -10.2. The van der Waals surface area contributed by atoms with Gasteiger partial charge in [-0.3, -0.25) is 42.3 Å². The Morgan fingerprint density at radius 3 is 0.546 bits per heavy atom. The predicted octanol–water partition coefficient (Wildman–Crippen LogP) is 8.28. The summed E-state index contributed by atoms with van der Waals surface area (Å²) < 4.78 is 191. The molecule has 12 aromatic rings. The van der Waals surface area contributed by atoms with Crippen molar-refractivity contribution < 1.29 is 94.9 Å². The SMILES string of the molecule is O=S(=O)(O)c1ccc(-c2nnc(-c3ccccn3)nc2-c2ccc(S(=O)(=O)O)cc2)cc1.O=S(=O)(O)c1ccc(-c2nnc(-c3ccccn3)nc2-c2ccc(S(=O)(=O)O)cc2)cc1.O=S(=O)(O)c1ccc(-c2nnc(-c3ccccn3)nc2-c2ccc(S(=O)(=O)O)cc2)cc1.[Fe+2]. The molecule has 0 saturated heterocycles. The van der Waals surface area contributed by atoms with Crippen LogP contribution in [0.3, 0.4) is 0 Å². The summed E-state index contributed by atoms with van der Waals surface area (Å²) >= 11 is 0. The fraction of sp³-hybridized carbons (Fsp3) is 0. The molecular formula is C60H42FeN12O18S6+2. The van der Waals surface area contributed by atoms with Crippen LogP contribution in [0.2, 0.25) is 0 Å². The van der Waals surface area contributed by atoms with Crippen LogP contribution in [0.1, 0.15) is 0 Å². The first kappa shape index (κ1) is 71.1. The summed E-state index contributed by atoms with van der Waals surface area (Å²) in [5, 5.41) is 25.0. The largest absolute Gasteiger partial charge is 2.00 e. The van der Waals surface area contributed by atoms with Crippen LogP contribution in [-0.2, 0) is 77.8 Å². The van der Waals surface area contributed by atoms with Crippen LogP contribution < -0.4 is 0 Å². The Kier molecular flexibility index (Phi) is 21.3. The first-order valence-electron chi connectivity index (χ1n) is 26.8. The van der Waals surface area contributed by atoms with Crippen molar-refractivity contribution in [1.29, 1.82) is 0 Å². The minimum Gasteiger partial charge on any atom is -0.282 e. The third-order valence-electron chi connectivity index (χ3n) is 13.3. The molecule has 492 valence electrons. The number of nitrogens with zero attached hydrogens (tertiary/aromatic N) is 12. The molecule has 30 nitrogen and oxygen atoms in total. The van der Waals surface area contributed by atoms with E-state index in [1.54, 1.807) is 73.2 Å². The fourth-order valence-electron chi connectivity index (χ4n) is 8.68. The molecule has 0 aliphatic carbocycles. The molecular weight excluding hydrogens is 1420 g/mol. The normalized spacial score (nSPS) is 11.8. The Balaban J connectivity index is 0.000000170. The first-order valence-corrected chi connectivity index (χ1v) is 35.5. The second-order valence-electron chi connectivity index (χ2n) is 19.6. The van der Waals surface area contributed by atoms with Crippen molar-refractivity contribution in [3.8, 4) is 102 Å². The topological polar surface area (TPSA) is 481 Å². The maximum absolute atomic E-state index is 11.4. The number of pyridine rings is 3. The molecule has 6 heterocycles. The molecule has 6 aromatic carbocycles. The van der Waals surface area contributed by atoms with Crippen molar-refractivity contribution in [2.45, 2.75) is 29.4 Å². The van der Waals surface area contributed by atoms with E-state index in [4.69, 9.17) is 0 Å². The van der Waals surface area contributed by atoms with Gasteiger partial charge in [-0.1, -0.05) is 91.0 Å². The second-order valence-corrected chi connectivity index (χ2v) is 28.2. The summed E-state index contributed by atoms with van der Waals surface area (Å²) in [6.45, 7) is 0. The van der Waals surface area contributed by atoms with Crippen LogP contribution in [-0.4, -0.2) is 138 Å². The summed E-state index contributed by atoms with van der Waals surface area (Å²) in [4.78, 5) is 24.5. The summed E-state index contributed by atoms with van der Waals surface area (Å²) in [7, 11) is -26.2. The van der Waals surface area contributed by atoms with Crippen molar-refractivity contribution in [1.82, 2.24) is 60.5 Å². The van der Waals surface area contributed by atoms with E-state index < -0.39 is 60.7 Å². The number of rotatable bonds is 15. The van der Waals surface area contributed by atoms with Crippen molar-refractivity contribution in [2.75, 3.05) is 0 Å². The molecule has 37 heteroatoms. The van der Waals surface area contributed by atoms with Crippen molar-refractivity contribution in [3.63, 3.8) is 0 Å². The molecule has 97 heavy (non-hydrogen) atoms. The van der Waals surface area contributed by atoms with Gasteiger partial charge in [-0.05, 0) is 109 Å². The smallest absolute Gasteiger partial charge is 0.282 e. The van der Waals surface area contributed by atoms with Gasteiger partial charge in [0.15, 0.2) is 0 Å². The average molecular weight is 1470 g/mol. The predicted molar refractivity (Wildman–Crippen MR) is 341 cm³/mol. The molecule has 0 amide bonds. The van der Waals surface area contributed by atoms with Crippen LogP contribution in [0.4, 0.5) is 0 Å². The van der Waals surface area contributed by atoms with Crippen molar-refractivity contribution in [3.05, 3.63) is 219 Å². The monoisotopic (exact) mass is 1470 g/mol.